The summed E-state index contributed by atoms with van der Waals surface area (Å²) < 4.78 is 0. The quantitative estimate of drug-likeness (QED) is 0.421. The maximum Gasteiger partial charge on any atom is 0 e. The third-order valence-corrected chi connectivity index (χ3v) is 0. The van der Waals surface area contributed by atoms with Crippen molar-refractivity contribution in [2.24, 2.45) is 0 Å². The van der Waals surface area contributed by atoms with Crippen molar-refractivity contribution < 1.29 is 21.1 Å². The van der Waals surface area contributed by atoms with Crippen molar-refractivity contribution in [3.8, 4) is 0 Å². The summed E-state index contributed by atoms with van der Waals surface area (Å²) in [6.07, 6.45) is 0. The number of rotatable bonds is 0. The van der Waals surface area contributed by atoms with Gasteiger partial charge in [0.2, 0.25) is 0 Å². The summed E-state index contributed by atoms with van der Waals surface area (Å²) in [6, 6.07) is 0. The molecule has 0 aromatic carbocycles. The fourth-order valence-corrected chi connectivity index (χ4v) is 0. The summed E-state index contributed by atoms with van der Waals surface area (Å²) in [5.74, 6) is 0. The molecule has 0 N–H and O–H groups in total. The summed E-state index contributed by atoms with van der Waals surface area (Å²) in [7, 11) is 0.167. The van der Waals surface area contributed by atoms with Crippen molar-refractivity contribution in [1.29, 1.82) is 0 Å². The van der Waals surface area contributed by atoms with Crippen LogP contribution in [0.5, 0.6) is 0 Å². The minimum atomic E-state index is 0. The van der Waals surface area contributed by atoms with E-state index in [1.807, 2.05) is 0 Å². The maximum absolute atomic E-state index is 3.62. The fraction of sp³-hybridized carbons (Fsp3) is 0.500. The molecule has 0 saturated heterocycles. The predicted molar refractivity (Wildman–Crippen MR) is 19.8 cm³/mol. The first kappa shape index (κ1) is 8.86. The van der Waals surface area contributed by atoms with Crippen LogP contribution in [-0.2, 0) is 21.1 Å². The molecule has 0 radical (unpaired) electrons. The molecular weight excluding hydrogens is 247 g/mol. The van der Waals surface area contributed by atoms with Gasteiger partial charge in [-0.1, -0.05) is 0 Å². The van der Waals surface area contributed by atoms with Crippen molar-refractivity contribution in [1.82, 2.24) is 0 Å². The number of hydrogen-bond acceptors (Lipinski definition) is 0. The van der Waals surface area contributed by atoms with Crippen LogP contribution in [-0.4, -0.2) is 9.52 Å². The Labute approximate surface area is 44.1 Å². The Kier molecular flexibility index (Phi) is 20.1. The molecular formula is C2H7PtSi-. The van der Waals surface area contributed by atoms with Crippen molar-refractivity contribution in [3.05, 3.63) is 6.55 Å². The molecule has 0 saturated carbocycles. The molecule has 0 heterocycles. The van der Waals surface area contributed by atoms with Crippen molar-refractivity contribution in [2.45, 2.75) is 6.55 Å². The second-order valence-corrected chi connectivity index (χ2v) is 1.50. The molecule has 4 heavy (non-hydrogen) atoms. The average Bonchev–Trinajstić information content (AvgIpc) is 0.918. The van der Waals surface area contributed by atoms with Gasteiger partial charge in [-0.15, -0.1) is 16.1 Å². The second-order valence-electron chi connectivity index (χ2n) is 0.500. The molecule has 0 aliphatic heterocycles. The Hall–Kier alpha value is 0.905. The fourth-order valence-electron chi connectivity index (χ4n) is 0. The van der Waals surface area contributed by atoms with E-state index in [0.717, 1.165) is 0 Å². The molecule has 2 heteroatoms. The molecule has 0 amide bonds. The van der Waals surface area contributed by atoms with Crippen LogP contribution in [0.15, 0.2) is 0 Å². The van der Waals surface area contributed by atoms with Gasteiger partial charge in [-0.25, -0.2) is 0 Å². The Morgan fingerprint density at radius 2 is 1.75 bits per heavy atom. The zero-order chi connectivity index (χ0) is 2.71. The SMILES string of the molecule is [CH2-][SiH2]C.[Pt]. The van der Waals surface area contributed by atoms with Gasteiger partial charge >= 0.3 is 0 Å². The molecule has 30 valence electrons. The Morgan fingerprint density at radius 1 is 1.75 bits per heavy atom. The minimum Gasteiger partial charge on any atom is -0.348 e. The van der Waals surface area contributed by atoms with E-state index in [4.69, 9.17) is 0 Å². The van der Waals surface area contributed by atoms with Crippen LogP contribution in [0, 0.1) is 6.55 Å². The van der Waals surface area contributed by atoms with Gasteiger partial charge in [-0.3, -0.25) is 0 Å². The van der Waals surface area contributed by atoms with E-state index in [1.54, 1.807) is 0 Å². The van der Waals surface area contributed by atoms with Crippen LogP contribution in [0.3, 0.4) is 0 Å². The average molecular weight is 254 g/mol. The van der Waals surface area contributed by atoms with Crippen molar-refractivity contribution in [2.75, 3.05) is 0 Å². The largest absolute Gasteiger partial charge is 0.348 e. The third kappa shape index (κ3) is 12.9. The second kappa shape index (κ2) is 9.08. The van der Waals surface area contributed by atoms with E-state index in [1.165, 1.54) is 0 Å². The van der Waals surface area contributed by atoms with Crippen LogP contribution < -0.4 is 0 Å². The molecule has 0 aliphatic carbocycles. The van der Waals surface area contributed by atoms with Gasteiger partial charge < -0.3 is 6.55 Å². The zero-order valence-electron chi connectivity index (χ0n) is 2.73. The van der Waals surface area contributed by atoms with Gasteiger partial charge in [0.05, 0.1) is 0 Å². The summed E-state index contributed by atoms with van der Waals surface area (Å²) in [4.78, 5) is 0. The van der Waals surface area contributed by atoms with Crippen molar-refractivity contribution in [3.63, 3.8) is 0 Å². The minimum absolute atomic E-state index is 0. The summed E-state index contributed by atoms with van der Waals surface area (Å²) >= 11 is 0. The van der Waals surface area contributed by atoms with Crippen LogP contribution in [0.1, 0.15) is 0 Å². The van der Waals surface area contributed by atoms with Crippen LogP contribution in [0.2, 0.25) is 6.55 Å². The Bertz CT molecular complexity index is 6.00. The first-order chi connectivity index (χ1) is 1.41. The summed E-state index contributed by atoms with van der Waals surface area (Å²) in [5.41, 5.74) is 0. The molecule has 0 unspecified atom stereocenters. The molecule has 0 bridgehead atoms. The van der Waals surface area contributed by atoms with E-state index in [0.29, 0.717) is 0 Å². The molecule has 0 fully saturated rings. The molecule has 0 spiro atoms. The molecule has 0 aromatic heterocycles. The Balaban J connectivity index is 0. The van der Waals surface area contributed by atoms with Crippen LogP contribution in [0.4, 0.5) is 0 Å². The first-order valence-electron chi connectivity index (χ1n) is 1.21. The maximum atomic E-state index is 3.62. The van der Waals surface area contributed by atoms with Gasteiger partial charge in [0, 0.05) is 21.1 Å². The van der Waals surface area contributed by atoms with E-state index < -0.39 is 0 Å². The van der Waals surface area contributed by atoms with Crippen molar-refractivity contribution >= 4 is 9.52 Å². The number of hydrogen-bond donors (Lipinski definition) is 0. The third-order valence-electron chi connectivity index (χ3n) is 0. The summed E-state index contributed by atoms with van der Waals surface area (Å²) in [6.45, 7) is 5.78. The van der Waals surface area contributed by atoms with E-state index >= 15 is 0 Å². The standard InChI is InChI=1S/C2H7Si.Pt/c1-3-2;/h1,3H2,2H3;/q-1;. The zero-order valence-corrected chi connectivity index (χ0v) is 6.42. The first-order valence-corrected chi connectivity index (χ1v) is 3.62. The Morgan fingerprint density at radius 3 is 1.75 bits per heavy atom. The van der Waals surface area contributed by atoms with E-state index in [9.17, 15) is 0 Å². The molecule has 0 nitrogen and oxygen atoms in total. The van der Waals surface area contributed by atoms with Gasteiger partial charge in [-0.05, 0) is 0 Å². The van der Waals surface area contributed by atoms with Crippen LogP contribution >= 0.6 is 0 Å². The van der Waals surface area contributed by atoms with E-state index in [-0.39, 0.29) is 30.6 Å². The normalized spacial score (nSPS) is 7.50. The van der Waals surface area contributed by atoms with Gasteiger partial charge in [0.15, 0.2) is 0 Å². The topological polar surface area (TPSA) is 0 Å². The smallest absolute Gasteiger partial charge is 0 e. The van der Waals surface area contributed by atoms with Crippen LogP contribution in [0.25, 0.3) is 0 Å². The molecule has 0 aromatic rings. The van der Waals surface area contributed by atoms with Gasteiger partial charge in [-0.2, -0.15) is 0 Å². The molecule has 0 atom stereocenters. The van der Waals surface area contributed by atoms with Gasteiger partial charge in [0.1, 0.15) is 0 Å². The molecule has 0 rings (SSSR count). The van der Waals surface area contributed by atoms with Gasteiger partial charge in [0.25, 0.3) is 0 Å². The monoisotopic (exact) mass is 254 g/mol. The predicted octanol–water partition coefficient (Wildman–Crippen LogP) is -0.00761. The summed E-state index contributed by atoms with van der Waals surface area (Å²) in [5, 5.41) is 0. The molecule has 0 aliphatic rings. The van der Waals surface area contributed by atoms with E-state index in [2.05, 4.69) is 13.1 Å².